The van der Waals surface area contributed by atoms with Gasteiger partial charge in [0.05, 0.1) is 0 Å². The second-order valence-electron chi connectivity index (χ2n) is 5.66. The normalized spacial score (nSPS) is 15.9. The van der Waals surface area contributed by atoms with Gasteiger partial charge in [0.25, 0.3) is 0 Å². The number of carbonyl (C=O) groups excluding carboxylic acids is 1. The molecule has 0 spiro atoms. The van der Waals surface area contributed by atoms with Crippen LogP contribution in [0.3, 0.4) is 0 Å². The van der Waals surface area contributed by atoms with Gasteiger partial charge in [-0.25, -0.2) is 0 Å². The third-order valence-corrected chi connectivity index (χ3v) is 4.87. The summed E-state index contributed by atoms with van der Waals surface area (Å²) < 4.78 is 1.10. The zero-order valence-electron chi connectivity index (χ0n) is 12.8. The predicted octanol–water partition coefficient (Wildman–Crippen LogP) is 3.37. The molecule has 1 saturated heterocycles. The van der Waals surface area contributed by atoms with Gasteiger partial charge in [-0.05, 0) is 50.4 Å². The summed E-state index contributed by atoms with van der Waals surface area (Å²) in [4.78, 5) is 14.7. The molecule has 2 rings (SSSR count). The van der Waals surface area contributed by atoms with E-state index in [1.165, 1.54) is 5.56 Å². The molecular weight excluding hydrogens is 328 g/mol. The van der Waals surface area contributed by atoms with Gasteiger partial charge in [0.2, 0.25) is 5.91 Å². The van der Waals surface area contributed by atoms with Gasteiger partial charge in [0.15, 0.2) is 0 Å². The summed E-state index contributed by atoms with van der Waals surface area (Å²) in [5, 5.41) is 3.37. The van der Waals surface area contributed by atoms with Crippen molar-refractivity contribution in [1.29, 1.82) is 0 Å². The smallest absolute Gasteiger partial charge is 0.223 e. The number of halogens is 1. The van der Waals surface area contributed by atoms with E-state index in [2.05, 4.69) is 39.1 Å². The quantitative estimate of drug-likeness (QED) is 0.851. The fraction of sp³-hybridized carbons (Fsp3) is 0.588. The Morgan fingerprint density at radius 1 is 1.33 bits per heavy atom. The van der Waals surface area contributed by atoms with E-state index < -0.39 is 0 Å². The summed E-state index contributed by atoms with van der Waals surface area (Å²) in [6.07, 6.45) is 4.62. The van der Waals surface area contributed by atoms with Crippen LogP contribution in [0.5, 0.6) is 0 Å². The highest BCUT2D eigenvalue weighted by molar-refractivity contribution is 9.10. The Morgan fingerprint density at radius 3 is 2.71 bits per heavy atom. The first-order valence-electron chi connectivity index (χ1n) is 7.96. The molecule has 1 heterocycles. The lowest BCUT2D eigenvalue weighted by molar-refractivity contribution is -0.134. The van der Waals surface area contributed by atoms with Gasteiger partial charge in [0, 0.05) is 23.5 Å². The summed E-state index contributed by atoms with van der Waals surface area (Å²) in [6, 6.07) is 8.59. The van der Waals surface area contributed by atoms with Crippen LogP contribution in [0, 0.1) is 0 Å². The number of aryl methyl sites for hydroxylation is 1. The highest BCUT2D eigenvalue weighted by Gasteiger charge is 2.24. The van der Waals surface area contributed by atoms with Gasteiger partial charge in [-0.2, -0.15) is 0 Å². The van der Waals surface area contributed by atoms with Crippen molar-refractivity contribution >= 4 is 21.8 Å². The Kier molecular flexibility index (Phi) is 6.71. The topological polar surface area (TPSA) is 32.3 Å². The molecule has 116 valence electrons. The highest BCUT2D eigenvalue weighted by Crippen LogP contribution is 2.19. The average Bonchev–Trinajstić information content (AvgIpc) is 2.52. The Morgan fingerprint density at radius 2 is 2.05 bits per heavy atom. The molecule has 21 heavy (non-hydrogen) atoms. The van der Waals surface area contributed by atoms with Crippen molar-refractivity contribution in [2.75, 3.05) is 19.6 Å². The van der Waals surface area contributed by atoms with Crippen LogP contribution in [0.15, 0.2) is 28.7 Å². The number of carbonyl (C=O) groups is 1. The summed E-state index contributed by atoms with van der Waals surface area (Å²) in [5.74, 6) is 0.305. The SMILES string of the molecule is CCCN(C(=O)CCc1ccccc1Br)C1CCNCC1. The van der Waals surface area contributed by atoms with E-state index in [0.717, 1.165) is 49.8 Å². The number of rotatable bonds is 6. The first-order chi connectivity index (χ1) is 10.2. The van der Waals surface area contributed by atoms with E-state index in [1.807, 2.05) is 18.2 Å². The summed E-state index contributed by atoms with van der Waals surface area (Å²) in [5.41, 5.74) is 1.22. The van der Waals surface area contributed by atoms with Gasteiger partial charge in [-0.3, -0.25) is 4.79 Å². The number of amides is 1. The molecule has 1 aromatic rings. The molecule has 1 N–H and O–H groups in total. The summed E-state index contributed by atoms with van der Waals surface area (Å²) in [7, 11) is 0. The van der Waals surface area contributed by atoms with Gasteiger partial charge < -0.3 is 10.2 Å². The molecule has 1 aliphatic rings. The second-order valence-corrected chi connectivity index (χ2v) is 6.51. The molecule has 1 fully saturated rings. The minimum Gasteiger partial charge on any atom is -0.340 e. The Labute approximate surface area is 136 Å². The molecule has 0 bridgehead atoms. The molecule has 0 aliphatic carbocycles. The van der Waals surface area contributed by atoms with Crippen molar-refractivity contribution in [2.24, 2.45) is 0 Å². The lowest BCUT2D eigenvalue weighted by atomic mass is 10.0. The number of hydrogen-bond acceptors (Lipinski definition) is 2. The standard InChI is InChI=1S/C17H25BrN2O/c1-2-13-20(15-9-11-19-12-10-15)17(21)8-7-14-5-3-4-6-16(14)18/h3-6,15,19H,2,7-13H2,1H3. The van der Waals surface area contributed by atoms with Crippen LogP contribution in [-0.2, 0) is 11.2 Å². The van der Waals surface area contributed by atoms with Crippen LogP contribution in [-0.4, -0.2) is 36.5 Å². The van der Waals surface area contributed by atoms with Gasteiger partial charge >= 0.3 is 0 Å². The maximum absolute atomic E-state index is 12.6. The van der Waals surface area contributed by atoms with Gasteiger partial charge in [0.1, 0.15) is 0 Å². The van der Waals surface area contributed by atoms with Crippen LogP contribution in [0.25, 0.3) is 0 Å². The molecule has 0 saturated carbocycles. The van der Waals surface area contributed by atoms with Crippen LogP contribution in [0.1, 0.15) is 38.2 Å². The minimum atomic E-state index is 0.305. The van der Waals surface area contributed by atoms with Crippen LogP contribution in [0.2, 0.25) is 0 Å². The maximum Gasteiger partial charge on any atom is 0.223 e. The Hall–Kier alpha value is -0.870. The van der Waals surface area contributed by atoms with Crippen molar-refractivity contribution < 1.29 is 4.79 Å². The zero-order chi connectivity index (χ0) is 15.1. The molecule has 0 atom stereocenters. The molecule has 4 heteroatoms. The number of nitrogens with zero attached hydrogens (tertiary/aromatic N) is 1. The third-order valence-electron chi connectivity index (χ3n) is 4.10. The number of piperidine rings is 1. The molecule has 0 radical (unpaired) electrons. The average molecular weight is 353 g/mol. The third kappa shape index (κ3) is 4.82. The van der Waals surface area contributed by atoms with Gasteiger partial charge in [-0.15, -0.1) is 0 Å². The fourth-order valence-electron chi connectivity index (χ4n) is 2.96. The van der Waals surface area contributed by atoms with Crippen LogP contribution >= 0.6 is 15.9 Å². The molecule has 1 amide bonds. The van der Waals surface area contributed by atoms with Crippen molar-refractivity contribution in [3.8, 4) is 0 Å². The summed E-state index contributed by atoms with van der Waals surface area (Å²) in [6.45, 7) is 5.10. The summed E-state index contributed by atoms with van der Waals surface area (Å²) >= 11 is 3.56. The minimum absolute atomic E-state index is 0.305. The van der Waals surface area contributed by atoms with Crippen molar-refractivity contribution in [2.45, 2.75) is 45.1 Å². The number of hydrogen-bond donors (Lipinski definition) is 1. The highest BCUT2D eigenvalue weighted by atomic mass is 79.9. The fourth-order valence-corrected chi connectivity index (χ4v) is 3.44. The lowest BCUT2D eigenvalue weighted by Gasteiger charge is -2.34. The van der Waals surface area contributed by atoms with Crippen molar-refractivity contribution in [1.82, 2.24) is 10.2 Å². The second kappa shape index (κ2) is 8.54. The maximum atomic E-state index is 12.6. The molecular formula is C17H25BrN2O. The predicted molar refractivity (Wildman–Crippen MR) is 90.4 cm³/mol. The van der Waals surface area contributed by atoms with Crippen LogP contribution in [0.4, 0.5) is 0 Å². The molecule has 3 nitrogen and oxygen atoms in total. The zero-order valence-corrected chi connectivity index (χ0v) is 14.4. The van der Waals surface area contributed by atoms with Crippen molar-refractivity contribution in [3.05, 3.63) is 34.3 Å². The largest absolute Gasteiger partial charge is 0.340 e. The first kappa shape index (κ1) is 16.5. The Balaban J connectivity index is 1.93. The van der Waals surface area contributed by atoms with E-state index in [-0.39, 0.29) is 0 Å². The first-order valence-corrected chi connectivity index (χ1v) is 8.75. The van der Waals surface area contributed by atoms with E-state index in [9.17, 15) is 4.79 Å². The number of nitrogens with one attached hydrogen (secondary N) is 1. The molecule has 0 unspecified atom stereocenters. The number of benzene rings is 1. The van der Waals surface area contributed by atoms with E-state index >= 15 is 0 Å². The van der Waals surface area contributed by atoms with E-state index in [0.29, 0.717) is 18.4 Å². The molecule has 0 aromatic heterocycles. The monoisotopic (exact) mass is 352 g/mol. The van der Waals surface area contributed by atoms with Gasteiger partial charge in [-0.1, -0.05) is 41.1 Å². The molecule has 1 aromatic carbocycles. The van der Waals surface area contributed by atoms with E-state index in [4.69, 9.17) is 0 Å². The van der Waals surface area contributed by atoms with Crippen molar-refractivity contribution in [3.63, 3.8) is 0 Å². The molecule has 1 aliphatic heterocycles. The lowest BCUT2D eigenvalue weighted by Crippen LogP contribution is -2.46. The Bertz CT molecular complexity index is 458. The van der Waals surface area contributed by atoms with E-state index in [1.54, 1.807) is 0 Å². The van der Waals surface area contributed by atoms with Crippen LogP contribution < -0.4 is 5.32 Å².